The van der Waals surface area contributed by atoms with Crippen LogP contribution in [0, 0.1) is 11.7 Å². The molecule has 2 aromatic rings. The van der Waals surface area contributed by atoms with Crippen molar-refractivity contribution in [3.05, 3.63) is 50.9 Å². The highest BCUT2D eigenvalue weighted by atomic mass is 35.5. The molecule has 0 spiro atoms. The summed E-state index contributed by atoms with van der Waals surface area (Å²) in [5.74, 6) is -0.968. The van der Waals surface area contributed by atoms with Crippen molar-refractivity contribution < 1.29 is 14.3 Å². The van der Waals surface area contributed by atoms with E-state index in [1.165, 1.54) is 27.4 Å². The van der Waals surface area contributed by atoms with Crippen molar-refractivity contribution in [3.63, 3.8) is 0 Å². The highest BCUT2D eigenvalue weighted by molar-refractivity contribution is 6.30. The Bertz CT molecular complexity index is 830. The normalized spacial score (nSPS) is 20.3. The molecule has 0 saturated heterocycles. The first-order valence-corrected chi connectivity index (χ1v) is 7.59. The van der Waals surface area contributed by atoms with E-state index in [9.17, 15) is 19.1 Å². The third kappa shape index (κ3) is 2.88. The topological polar surface area (TPSA) is 77.1 Å². The van der Waals surface area contributed by atoms with Gasteiger partial charge in [0.1, 0.15) is 17.7 Å². The lowest BCUT2D eigenvalue weighted by atomic mass is 9.94. The van der Waals surface area contributed by atoms with E-state index < -0.39 is 23.5 Å². The van der Waals surface area contributed by atoms with Crippen molar-refractivity contribution >= 4 is 17.6 Å². The summed E-state index contributed by atoms with van der Waals surface area (Å²) in [4.78, 5) is 23.9. The van der Waals surface area contributed by atoms with Crippen molar-refractivity contribution in [2.24, 2.45) is 5.92 Å². The molecule has 0 unspecified atom stereocenters. The van der Waals surface area contributed by atoms with Gasteiger partial charge < -0.3 is 5.11 Å². The molecule has 3 rings (SSSR count). The molecule has 122 valence electrons. The molecule has 0 amide bonds. The number of hydrogen-bond donors (Lipinski definition) is 1. The maximum atomic E-state index is 13.2. The first kappa shape index (κ1) is 15.7. The average molecular weight is 340 g/mol. The van der Waals surface area contributed by atoms with Gasteiger partial charge in [-0.25, -0.2) is 18.7 Å². The van der Waals surface area contributed by atoms with Crippen LogP contribution >= 0.6 is 11.6 Å². The molecular formula is C15H15ClFN3O3. The number of aromatic nitrogens is 3. The van der Waals surface area contributed by atoms with Gasteiger partial charge in [0.15, 0.2) is 0 Å². The molecule has 8 heteroatoms. The van der Waals surface area contributed by atoms with Crippen LogP contribution < -0.4 is 5.69 Å². The predicted molar refractivity (Wildman–Crippen MR) is 81.2 cm³/mol. The summed E-state index contributed by atoms with van der Waals surface area (Å²) >= 11 is 5.74. The number of carboxylic acids is 1. The Morgan fingerprint density at radius 3 is 2.91 bits per heavy atom. The van der Waals surface area contributed by atoms with Crippen LogP contribution in [-0.4, -0.2) is 25.4 Å². The maximum Gasteiger partial charge on any atom is 0.347 e. The summed E-state index contributed by atoms with van der Waals surface area (Å²) in [5, 5.41) is 13.6. The third-order valence-electron chi connectivity index (χ3n) is 4.01. The number of halogens is 2. The molecule has 6 nitrogen and oxygen atoms in total. The number of hydrogen-bond acceptors (Lipinski definition) is 3. The summed E-state index contributed by atoms with van der Waals surface area (Å²) in [6.45, 7) is 2.04. The van der Waals surface area contributed by atoms with Gasteiger partial charge in [-0.1, -0.05) is 24.6 Å². The Labute approximate surface area is 136 Å². The van der Waals surface area contributed by atoms with E-state index in [2.05, 4.69) is 5.10 Å². The quantitative estimate of drug-likeness (QED) is 0.929. The SMILES string of the molecule is C[C@H]1Cc2nn(Cc3ccc(F)c(Cl)c3)c(=O)n2[C@@H](C(=O)O)C1. The molecule has 1 aromatic carbocycles. The standard InChI is InChI=1S/C15H15ClFN3O3/c1-8-4-12(14(21)22)20-13(5-8)18-19(15(20)23)7-9-2-3-11(17)10(16)6-9/h2-3,6,8,12H,4-5,7H2,1H3,(H,21,22)/t8-,12-/m1/s1. The van der Waals surface area contributed by atoms with Gasteiger partial charge in [0.25, 0.3) is 0 Å². The molecule has 1 N–H and O–H groups in total. The summed E-state index contributed by atoms with van der Waals surface area (Å²) in [6.07, 6.45) is 0.951. The number of fused-ring (bicyclic) bond motifs is 1. The van der Waals surface area contributed by atoms with Crippen LogP contribution in [0.3, 0.4) is 0 Å². The van der Waals surface area contributed by atoms with Gasteiger partial charge in [-0.05, 0) is 30.0 Å². The first-order chi connectivity index (χ1) is 10.9. The van der Waals surface area contributed by atoms with Crippen LogP contribution in [-0.2, 0) is 17.8 Å². The Hall–Kier alpha value is -2.15. The second kappa shape index (κ2) is 5.81. The van der Waals surface area contributed by atoms with Crippen LogP contribution in [0.1, 0.15) is 30.8 Å². The van der Waals surface area contributed by atoms with Crippen molar-refractivity contribution in [1.82, 2.24) is 14.3 Å². The zero-order valence-electron chi connectivity index (χ0n) is 12.4. The van der Waals surface area contributed by atoms with E-state index in [1.807, 2.05) is 6.92 Å². The van der Waals surface area contributed by atoms with Crippen molar-refractivity contribution in [2.75, 3.05) is 0 Å². The Kier molecular flexibility index (Phi) is 3.97. The molecule has 0 saturated carbocycles. The van der Waals surface area contributed by atoms with Crippen LogP contribution in [0.15, 0.2) is 23.0 Å². The van der Waals surface area contributed by atoms with Gasteiger partial charge in [0.05, 0.1) is 11.6 Å². The fourth-order valence-electron chi connectivity index (χ4n) is 2.92. The van der Waals surface area contributed by atoms with Crippen molar-refractivity contribution in [1.29, 1.82) is 0 Å². The molecule has 2 atom stereocenters. The first-order valence-electron chi connectivity index (χ1n) is 7.21. The van der Waals surface area contributed by atoms with E-state index in [4.69, 9.17) is 11.6 Å². The Morgan fingerprint density at radius 2 is 2.26 bits per heavy atom. The predicted octanol–water partition coefficient (Wildman–Crippen LogP) is 2.09. The molecule has 1 aliphatic rings. The minimum Gasteiger partial charge on any atom is -0.480 e. The Morgan fingerprint density at radius 1 is 1.52 bits per heavy atom. The van der Waals surface area contributed by atoms with E-state index >= 15 is 0 Å². The number of carbonyl (C=O) groups is 1. The smallest absolute Gasteiger partial charge is 0.347 e. The molecule has 1 aromatic heterocycles. The highest BCUT2D eigenvalue weighted by Crippen LogP contribution is 2.26. The lowest BCUT2D eigenvalue weighted by molar-refractivity contribution is -0.142. The van der Waals surface area contributed by atoms with Crippen LogP contribution in [0.4, 0.5) is 4.39 Å². The molecule has 0 bridgehead atoms. The van der Waals surface area contributed by atoms with E-state index in [-0.39, 0.29) is 17.5 Å². The average Bonchev–Trinajstić information content (AvgIpc) is 2.78. The van der Waals surface area contributed by atoms with Gasteiger partial charge in [0, 0.05) is 6.42 Å². The molecule has 0 aliphatic carbocycles. The molecular weight excluding hydrogens is 325 g/mol. The second-order valence-corrected chi connectivity index (χ2v) is 6.28. The van der Waals surface area contributed by atoms with Gasteiger partial charge >= 0.3 is 11.7 Å². The minimum atomic E-state index is -1.04. The highest BCUT2D eigenvalue weighted by Gasteiger charge is 2.33. The molecule has 2 heterocycles. The Balaban J connectivity index is 1.99. The van der Waals surface area contributed by atoms with Crippen molar-refractivity contribution in [2.45, 2.75) is 32.4 Å². The van der Waals surface area contributed by atoms with Crippen LogP contribution in [0.25, 0.3) is 0 Å². The van der Waals surface area contributed by atoms with Gasteiger partial charge in [0.2, 0.25) is 0 Å². The molecule has 23 heavy (non-hydrogen) atoms. The van der Waals surface area contributed by atoms with Gasteiger partial charge in [-0.15, -0.1) is 0 Å². The number of benzene rings is 1. The minimum absolute atomic E-state index is 0.0310. The largest absolute Gasteiger partial charge is 0.480 e. The lowest BCUT2D eigenvalue weighted by Crippen LogP contribution is -2.36. The van der Waals surface area contributed by atoms with E-state index in [0.29, 0.717) is 24.2 Å². The lowest BCUT2D eigenvalue weighted by Gasteiger charge is -2.24. The van der Waals surface area contributed by atoms with Gasteiger partial charge in [-0.3, -0.25) is 4.57 Å². The van der Waals surface area contributed by atoms with Crippen LogP contribution in [0.2, 0.25) is 5.02 Å². The summed E-state index contributed by atoms with van der Waals surface area (Å²) < 4.78 is 15.6. The zero-order valence-corrected chi connectivity index (χ0v) is 13.1. The summed E-state index contributed by atoms with van der Waals surface area (Å²) in [6, 6.07) is 3.27. The van der Waals surface area contributed by atoms with E-state index in [1.54, 1.807) is 0 Å². The monoisotopic (exact) mass is 339 g/mol. The third-order valence-corrected chi connectivity index (χ3v) is 4.30. The zero-order chi connectivity index (χ0) is 16.7. The van der Waals surface area contributed by atoms with Gasteiger partial charge in [-0.2, -0.15) is 5.10 Å². The summed E-state index contributed by atoms with van der Waals surface area (Å²) in [7, 11) is 0. The second-order valence-electron chi connectivity index (χ2n) is 5.87. The van der Waals surface area contributed by atoms with Crippen LogP contribution in [0.5, 0.6) is 0 Å². The maximum absolute atomic E-state index is 13.2. The fraction of sp³-hybridized carbons (Fsp3) is 0.400. The van der Waals surface area contributed by atoms with E-state index in [0.717, 1.165) is 0 Å². The number of aliphatic carboxylic acids is 1. The number of nitrogens with zero attached hydrogens (tertiary/aromatic N) is 3. The molecule has 0 radical (unpaired) electrons. The number of rotatable bonds is 3. The summed E-state index contributed by atoms with van der Waals surface area (Å²) in [5.41, 5.74) is 0.147. The number of carboxylic acid groups (broad SMARTS) is 1. The molecule has 1 aliphatic heterocycles. The fourth-order valence-corrected chi connectivity index (χ4v) is 3.13. The molecule has 0 fully saturated rings. The van der Waals surface area contributed by atoms with Crippen molar-refractivity contribution in [3.8, 4) is 0 Å².